The van der Waals surface area contributed by atoms with Gasteiger partial charge in [0, 0.05) is 19.8 Å². The van der Waals surface area contributed by atoms with Gasteiger partial charge in [0.25, 0.3) is 5.91 Å². The van der Waals surface area contributed by atoms with Crippen LogP contribution in [-0.4, -0.2) is 37.8 Å². The van der Waals surface area contributed by atoms with Crippen LogP contribution < -0.4 is 5.32 Å². The summed E-state index contributed by atoms with van der Waals surface area (Å²) in [6, 6.07) is 0. The third kappa shape index (κ3) is 5.61. The van der Waals surface area contributed by atoms with Gasteiger partial charge in [-0.1, -0.05) is 13.3 Å². The van der Waals surface area contributed by atoms with Gasteiger partial charge in [-0.05, 0) is 12.8 Å². The fourth-order valence-electron chi connectivity index (χ4n) is 0.964. The first-order valence-electron chi connectivity index (χ1n) is 5.54. The Balaban J connectivity index is 3.78. The van der Waals surface area contributed by atoms with Crippen molar-refractivity contribution < 1.29 is 31.5 Å². The minimum atomic E-state index is -5.87. The number of ether oxygens (including phenoxy) is 1. The average Bonchev–Trinajstić information content (AvgIpc) is 2.26. The molecule has 0 rings (SSSR count). The highest BCUT2D eigenvalue weighted by Gasteiger charge is 2.63. The van der Waals surface area contributed by atoms with Crippen molar-refractivity contribution in [2.45, 2.75) is 38.3 Å². The summed E-state index contributed by atoms with van der Waals surface area (Å²) in [6.07, 6.45) is -3.90. The standard InChI is InChI=1S/C10H16F5NO2/c1-2-3-6-18-7-4-5-16-8(17)9(11,12)10(13,14)15/h2-7H2,1H3,(H,16,17). The molecule has 0 spiro atoms. The Kier molecular flexibility index (Phi) is 7.12. The highest BCUT2D eigenvalue weighted by molar-refractivity contribution is 5.84. The Labute approximate surface area is 102 Å². The van der Waals surface area contributed by atoms with Gasteiger partial charge in [0.1, 0.15) is 0 Å². The van der Waals surface area contributed by atoms with E-state index in [0.29, 0.717) is 6.61 Å². The lowest BCUT2D eigenvalue weighted by molar-refractivity contribution is -0.269. The number of carbonyl (C=O) groups excluding carboxylic acids is 1. The first kappa shape index (κ1) is 17.1. The second-order valence-corrected chi connectivity index (χ2v) is 3.65. The maximum Gasteiger partial charge on any atom is 0.463 e. The second kappa shape index (κ2) is 7.50. The Hall–Kier alpha value is -0.920. The minimum Gasteiger partial charge on any atom is -0.381 e. The van der Waals surface area contributed by atoms with Gasteiger partial charge < -0.3 is 10.1 Å². The van der Waals surface area contributed by atoms with Crippen LogP contribution in [0.15, 0.2) is 0 Å². The molecule has 0 radical (unpaired) electrons. The van der Waals surface area contributed by atoms with Crippen molar-refractivity contribution in [2.75, 3.05) is 19.8 Å². The summed E-state index contributed by atoms with van der Waals surface area (Å²) >= 11 is 0. The fraction of sp³-hybridized carbons (Fsp3) is 0.900. The molecule has 1 amide bonds. The summed E-state index contributed by atoms with van der Waals surface area (Å²) in [5.41, 5.74) is 0. The van der Waals surface area contributed by atoms with Gasteiger partial charge in [-0.25, -0.2) is 0 Å². The van der Waals surface area contributed by atoms with Crippen LogP contribution >= 0.6 is 0 Å². The van der Waals surface area contributed by atoms with E-state index in [1.807, 2.05) is 6.92 Å². The molecule has 0 aliphatic heterocycles. The molecule has 0 saturated carbocycles. The lowest BCUT2D eigenvalue weighted by atomic mass is 10.3. The molecule has 1 N–H and O–H groups in total. The third-order valence-electron chi connectivity index (χ3n) is 2.03. The molecular formula is C10H16F5NO2. The Morgan fingerprint density at radius 2 is 1.67 bits per heavy atom. The third-order valence-corrected chi connectivity index (χ3v) is 2.03. The molecule has 3 nitrogen and oxygen atoms in total. The van der Waals surface area contributed by atoms with Crippen molar-refractivity contribution in [1.82, 2.24) is 5.32 Å². The number of hydrogen-bond donors (Lipinski definition) is 1. The van der Waals surface area contributed by atoms with Crippen LogP contribution in [0.4, 0.5) is 22.0 Å². The molecule has 0 heterocycles. The molecule has 0 aromatic heterocycles. The van der Waals surface area contributed by atoms with E-state index in [1.165, 1.54) is 5.32 Å². The lowest BCUT2D eigenvalue weighted by Crippen LogP contribution is -2.50. The van der Waals surface area contributed by atoms with Crippen molar-refractivity contribution in [3.8, 4) is 0 Å². The normalized spacial score (nSPS) is 12.6. The Bertz CT molecular complexity index is 255. The van der Waals surface area contributed by atoms with Crippen molar-refractivity contribution in [3.05, 3.63) is 0 Å². The van der Waals surface area contributed by atoms with E-state index in [1.54, 1.807) is 0 Å². The summed E-state index contributed by atoms with van der Waals surface area (Å²) in [6.45, 7) is 2.39. The first-order valence-corrected chi connectivity index (χ1v) is 5.54. The van der Waals surface area contributed by atoms with E-state index in [4.69, 9.17) is 4.74 Å². The second-order valence-electron chi connectivity index (χ2n) is 3.65. The average molecular weight is 277 g/mol. The zero-order valence-corrected chi connectivity index (χ0v) is 9.95. The number of amides is 1. The van der Waals surface area contributed by atoms with E-state index in [9.17, 15) is 26.7 Å². The van der Waals surface area contributed by atoms with E-state index in [-0.39, 0.29) is 19.6 Å². The van der Waals surface area contributed by atoms with Gasteiger partial charge in [0.15, 0.2) is 0 Å². The van der Waals surface area contributed by atoms with Crippen LogP contribution in [0.3, 0.4) is 0 Å². The molecule has 0 fully saturated rings. The molecule has 8 heteroatoms. The maximum atomic E-state index is 12.4. The van der Waals surface area contributed by atoms with Crippen LogP contribution in [0.25, 0.3) is 0 Å². The molecule has 0 atom stereocenters. The predicted molar refractivity (Wildman–Crippen MR) is 54.4 cm³/mol. The highest BCUT2D eigenvalue weighted by Crippen LogP contribution is 2.35. The van der Waals surface area contributed by atoms with Crippen molar-refractivity contribution in [2.24, 2.45) is 0 Å². The predicted octanol–water partition coefficient (Wildman–Crippen LogP) is 2.51. The topological polar surface area (TPSA) is 38.3 Å². The molecule has 0 aromatic rings. The van der Waals surface area contributed by atoms with Gasteiger partial charge in [0.05, 0.1) is 0 Å². The number of halogens is 5. The van der Waals surface area contributed by atoms with Gasteiger partial charge >= 0.3 is 12.1 Å². The Morgan fingerprint density at radius 3 is 2.17 bits per heavy atom. The van der Waals surface area contributed by atoms with Crippen LogP contribution in [0.2, 0.25) is 0 Å². The van der Waals surface area contributed by atoms with E-state index in [0.717, 1.165) is 12.8 Å². The van der Waals surface area contributed by atoms with Crippen LogP contribution in [0.5, 0.6) is 0 Å². The van der Waals surface area contributed by atoms with Gasteiger partial charge in [-0.3, -0.25) is 4.79 Å². The van der Waals surface area contributed by atoms with Gasteiger partial charge in [-0.2, -0.15) is 22.0 Å². The summed E-state index contributed by atoms with van der Waals surface area (Å²) in [5, 5.41) is 1.53. The molecule has 108 valence electrons. The maximum absolute atomic E-state index is 12.4. The quantitative estimate of drug-likeness (QED) is 0.547. The Morgan fingerprint density at radius 1 is 1.11 bits per heavy atom. The zero-order chi connectivity index (χ0) is 14.2. The smallest absolute Gasteiger partial charge is 0.381 e. The van der Waals surface area contributed by atoms with E-state index < -0.39 is 18.0 Å². The molecule has 0 aliphatic carbocycles. The molecule has 18 heavy (non-hydrogen) atoms. The van der Waals surface area contributed by atoms with Crippen LogP contribution in [0, 0.1) is 0 Å². The molecule has 0 aromatic carbocycles. The fourth-order valence-corrected chi connectivity index (χ4v) is 0.964. The number of alkyl halides is 5. The molecule has 0 unspecified atom stereocenters. The van der Waals surface area contributed by atoms with Crippen molar-refractivity contribution >= 4 is 5.91 Å². The van der Waals surface area contributed by atoms with Gasteiger partial charge in [-0.15, -0.1) is 0 Å². The molecule has 0 bridgehead atoms. The first-order chi connectivity index (χ1) is 8.23. The molecular weight excluding hydrogens is 261 g/mol. The molecule has 0 saturated heterocycles. The lowest BCUT2D eigenvalue weighted by Gasteiger charge is -2.18. The highest BCUT2D eigenvalue weighted by atomic mass is 19.4. The van der Waals surface area contributed by atoms with Crippen LogP contribution in [0.1, 0.15) is 26.2 Å². The van der Waals surface area contributed by atoms with Crippen molar-refractivity contribution in [1.29, 1.82) is 0 Å². The summed E-state index contributed by atoms with van der Waals surface area (Å²) in [5.74, 6) is -7.68. The zero-order valence-electron chi connectivity index (χ0n) is 9.95. The number of nitrogens with one attached hydrogen (secondary N) is 1. The van der Waals surface area contributed by atoms with Crippen LogP contribution in [-0.2, 0) is 9.53 Å². The number of rotatable bonds is 8. The number of hydrogen-bond acceptors (Lipinski definition) is 2. The van der Waals surface area contributed by atoms with E-state index >= 15 is 0 Å². The summed E-state index contributed by atoms with van der Waals surface area (Å²) < 4.78 is 65.2. The monoisotopic (exact) mass is 277 g/mol. The molecule has 0 aliphatic rings. The van der Waals surface area contributed by atoms with Crippen molar-refractivity contribution in [3.63, 3.8) is 0 Å². The summed E-state index contributed by atoms with van der Waals surface area (Å²) in [7, 11) is 0. The SMILES string of the molecule is CCCCOCCCNC(=O)C(F)(F)C(F)(F)F. The summed E-state index contributed by atoms with van der Waals surface area (Å²) in [4.78, 5) is 10.6. The number of unbranched alkanes of at least 4 members (excludes halogenated alkanes) is 1. The largest absolute Gasteiger partial charge is 0.463 e. The minimum absolute atomic E-state index is 0.184. The number of carbonyl (C=O) groups is 1. The van der Waals surface area contributed by atoms with E-state index in [2.05, 4.69) is 0 Å². The van der Waals surface area contributed by atoms with Gasteiger partial charge in [0.2, 0.25) is 0 Å².